The Bertz CT molecular complexity index is 1270. The second-order valence-electron chi connectivity index (χ2n) is 7.94. The molecule has 2 atom stereocenters. The molecule has 1 aromatic carbocycles. The van der Waals surface area contributed by atoms with Gasteiger partial charge in [0.1, 0.15) is 22.7 Å². The molecule has 170 valence electrons. The summed E-state index contributed by atoms with van der Waals surface area (Å²) in [6.07, 6.45) is 7.47. The summed E-state index contributed by atoms with van der Waals surface area (Å²) in [6.45, 7) is 2.64. The van der Waals surface area contributed by atoms with Crippen molar-refractivity contribution in [3.63, 3.8) is 0 Å². The number of fused-ring (bicyclic) bond motifs is 1. The van der Waals surface area contributed by atoms with Crippen LogP contribution in [-0.4, -0.2) is 26.4 Å². The second kappa shape index (κ2) is 9.47. The number of nitrogens with zero attached hydrogens (tertiary/aromatic N) is 4. The van der Waals surface area contributed by atoms with Crippen molar-refractivity contribution in [3.05, 3.63) is 69.7 Å². The molecule has 0 bridgehead atoms. The maximum Gasteiger partial charge on any atom is 0.150 e. The van der Waals surface area contributed by atoms with Crippen molar-refractivity contribution >= 4 is 45.7 Å². The smallest absolute Gasteiger partial charge is 0.150 e. The third-order valence-corrected chi connectivity index (χ3v) is 6.54. The third kappa shape index (κ3) is 4.53. The highest BCUT2D eigenvalue weighted by Crippen LogP contribution is 2.37. The standard InChI is InChI=1S/C24H21Cl3N4O2/c1-14(23-18(25)12-28-13-19(23)26)33-16-6-7-20-17(10-16)24(15-5-8-21(27)29-11-15)30-31(20)22-4-2-3-9-32-22/h5-8,10-14,22H,2-4,9H2,1H3/t14-,22-/m1/s1. The van der Waals surface area contributed by atoms with Gasteiger partial charge in [0, 0.05) is 41.7 Å². The Kier molecular flexibility index (Phi) is 6.43. The summed E-state index contributed by atoms with van der Waals surface area (Å²) < 4.78 is 14.2. The van der Waals surface area contributed by atoms with Crippen LogP contribution in [0.4, 0.5) is 0 Å². The molecule has 9 heteroatoms. The van der Waals surface area contributed by atoms with Gasteiger partial charge >= 0.3 is 0 Å². The average molecular weight is 504 g/mol. The summed E-state index contributed by atoms with van der Waals surface area (Å²) in [4.78, 5) is 8.25. The number of rotatable bonds is 5. The predicted octanol–water partition coefficient (Wildman–Crippen LogP) is 7.29. The summed E-state index contributed by atoms with van der Waals surface area (Å²) in [5, 5.41) is 7.22. The second-order valence-corrected chi connectivity index (χ2v) is 9.14. The maximum absolute atomic E-state index is 6.32. The van der Waals surface area contributed by atoms with Crippen molar-refractivity contribution in [2.75, 3.05) is 6.61 Å². The monoisotopic (exact) mass is 502 g/mol. The third-order valence-electron chi connectivity index (χ3n) is 5.72. The number of ether oxygens (including phenoxy) is 2. The lowest BCUT2D eigenvalue weighted by Crippen LogP contribution is -2.19. The van der Waals surface area contributed by atoms with Crippen LogP contribution in [0.5, 0.6) is 5.75 Å². The molecule has 0 aliphatic carbocycles. The first-order valence-corrected chi connectivity index (χ1v) is 11.9. The molecule has 4 heterocycles. The van der Waals surface area contributed by atoms with E-state index in [2.05, 4.69) is 9.97 Å². The van der Waals surface area contributed by atoms with Crippen LogP contribution >= 0.6 is 34.8 Å². The topological polar surface area (TPSA) is 62.1 Å². The van der Waals surface area contributed by atoms with Gasteiger partial charge < -0.3 is 9.47 Å². The van der Waals surface area contributed by atoms with Gasteiger partial charge in [-0.15, -0.1) is 0 Å². The maximum atomic E-state index is 6.32. The molecule has 0 amide bonds. The van der Waals surface area contributed by atoms with E-state index in [0.717, 1.165) is 48.0 Å². The van der Waals surface area contributed by atoms with Gasteiger partial charge in [-0.25, -0.2) is 9.67 Å². The molecule has 0 N–H and O–H groups in total. The van der Waals surface area contributed by atoms with Gasteiger partial charge in [0.15, 0.2) is 6.23 Å². The highest BCUT2D eigenvalue weighted by atomic mass is 35.5. The van der Waals surface area contributed by atoms with Crippen molar-refractivity contribution in [3.8, 4) is 17.0 Å². The van der Waals surface area contributed by atoms with Crippen molar-refractivity contribution < 1.29 is 9.47 Å². The number of hydrogen-bond donors (Lipinski definition) is 0. The van der Waals surface area contributed by atoms with Crippen LogP contribution in [0.1, 0.15) is 44.1 Å². The minimum atomic E-state index is -0.372. The fourth-order valence-electron chi connectivity index (χ4n) is 4.13. The van der Waals surface area contributed by atoms with Crippen LogP contribution in [0.15, 0.2) is 48.9 Å². The molecule has 33 heavy (non-hydrogen) atoms. The normalized spacial score (nSPS) is 17.3. The molecule has 3 aromatic heterocycles. The fourth-order valence-corrected chi connectivity index (χ4v) is 4.92. The van der Waals surface area contributed by atoms with E-state index >= 15 is 0 Å². The zero-order valence-electron chi connectivity index (χ0n) is 17.8. The Morgan fingerprint density at radius 1 is 1.06 bits per heavy atom. The Morgan fingerprint density at radius 3 is 2.58 bits per heavy atom. The quantitative estimate of drug-likeness (QED) is 0.268. The van der Waals surface area contributed by atoms with Gasteiger partial charge in [0.05, 0.1) is 15.6 Å². The highest BCUT2D eigenvalue weighted by molar-refractivity contribution is 6.35. The molecular weight excluding hydrogens is 483 g/mol. The molecule has 1 saturated heterocycles. The molecule has 1 aliphatic rings. The van der Waals surface area contributed by atoms with Gasteiger partial charge in [-0.3, -0.25) is 4.98 Å². The molecule has 4 aromatic rings. The van der Waals surface area contributed by atoms with E-state index in [1.165, 1.54) is 0 Å². The average Bonchev–Trinajstić information content (AvgIpc) is 3.19. The van der Waals surface area contributed by atoms with Crippen molar-refractivity contribution in [2.45, 2.75) is 38.5 Å². The first kappa shape index (κ1) is 22.4. The molecule has 1 aliphatic heterocycles. The lowest BCUT2D eigenvalue weighted by atomic mass is 10.1. The summed E-state index contributed by atoms with van der Waals surface area (Å²) in [5.41, 5.74) is 3.32. The number of pyridine rings is 2. The van der Waals surface area contributed by atoms with Crippen LogP contribution in [-0.2, 0) is 4.74 Å². The summed E-state index contributed by atoms with van der Waals surface area (Å²) >= 11 is 18.7. The number of benzene rings is 1. The molecule has 0 unspecified atom stereocenters. The van der Waals surface area contributed by atoms with E-state index in [0.29, 0.717) is 26.5 Å². The molecule has 5 rings (SSSR count). The molecule has 0 saturated carbocycles. The van der Waals surface area contributed by atoms with E-state index in [1.807, 2.05) is 35.9 Å². The van der Waals surface area contributed by atoms with E-state index in [9.17, 15) is 0 Å². The number of halogens is 3. The van der Waals surface area contributed by atoms with E-state index in [1.54, 1.807) is 24.7 Å². The van der Waals surface area contributed by atoms with Crippen molar-refractivity contribution in [2.24, 2.45) is 0 Å². The SMILES string of the molecule is C[C@@H](Oc1ccc2c(c1)c(-c1ccc(Cl)nc1)nn2[C@H]1CCCCO1)c1c(Cl)cncc1Cl. The number of aromatic nitrogens is 4. The summed E-state index contributed by atoms with van der Waals surface area (Å²) in [5.74, 6) is 0.672. The van der Waals surface area contributed by atoms with Crippen molar-refractivity contribution in [1.82, 2.24) is 19.7 Å². The lowest BCUT2D eigenvalue weighted by Gasteiger charge is -2.23. The Labute approximate surface area is 206 Å². The Morgan fingerprint density at radius 2 is 1.88 bits per heavy atom. The van der Waals surface area contributed by atoms with E-state index in [-0.39, 0.29) is 12.3 Å². The Balaban J connectivity index is 1.57. The van der Waals surface area contributed by atoms with Gasteiger partial charge in [0.2, 0.25) is 0 Å². The van der Waals surface area contributed by atoms with Gasteiger partial charge in [0.25, 0.3) is 0 Å². The number of hydrogen-bond acceptors (Lipinski definition) is 5. The summed E-state index contributed by atoms with van der Waals surface area (Å²) in [6, 6.07) is 9.58. The van der Waals surface area contributed by atoms with Crippen LogP contribution in [0.25, 0.3) is 22.2 Å². The van der Waals surface area contributed by atoms with Crippen LogP contribution in [0.2, 0.25) is 15.2 Å². The van der Waals surface area contributed by atoms with Gasteiger partial charge in [-0.2, -0.15) is 5.10 Å². The van der Waals surface area contributed by atoms with Gasteiger partial charge in [-0.1, -0.05) is 34.8 Å². The van der Waals surface area contributed by atoms with Crippen LogP contribution in [0.3, 0.4) is 0 Å². The molecular formula is C24H21Cl3N4O2. The summed E-state index contributed by atoms with van der Waals surface area (Å²) in [7, 11) is 0. The van der Waals surface area contributed by atoms with Gasteiger partial charge in [-0.05, 0) is 56.5 Å². The first-order valence-electron chi connectivity index (χ1n) is 10.7. The zero-order chi connectivity index (χ0) is 22.9. The minimum Gasteiger partial charge on any atom is -0.486 e. The minimum absolute atomic E-state index is 0.101. The van der Waals surface area contributed by atoms with E-state index in [4.69, 9.17) is 49.4 Å². The van der Waals surface area contributed by atoms with Crippen LogP contribution < -0.4 is 4.74 Å². The fraction of sp³-hybridized carbons (Fsp3) is 0.292. The lowest BCUT2D eigenvalue weighted by molar-refractivity contribution is -0.0365. The van der Waals surface area contributed by atoms with Crippen LogP contribution in [0, 0.1) is 0 Å². The van der Waals surface area contributed by atoms with Crippen molar-refractivity contribution in [1.29, 1.82) is 0 Å². The Hall–Kier alpha value is -2.38. The first-order chi connectivity index (χ1) is 16.0. The molecule has 1 fully saturated rings. The molecule has 0 spiro atoms. The highest BCUT2D eigenvalue weighted by Gasteiger charge is 2.23. The predicted molar refractivity (Wildman–Crippen MR) is 130 cm³/mol. The molecule has 6 nitrogen and oxygen atoms in total. The largest absolute Gasteiger partial charge is 0.486 e. The van der Waals surface area contributed by atoms with E-state index < -0.39 is 0 Å². The zero-order valence-corrected chi connectivity index (χ0v) is 20.1. The molecule has 0 radical (unpaired) electrons.